The molecule has 0 spiro atoms. The van der Waals surface area contributed by atoms with Gasteiger partial charge in [-0.25, -0.2) is 4.79 Å². The van der Waals surface area contributed by atoms with Crippen LogP contribution in [-0.2, 0) is 6.54 Å². The molecule has 4 nitrogen and oxygen atoms in total. The van der Waals surface area contributed by atoms with Gasteiger partial charge in [-0.15, -0.1) is 0 Å². The predicted molar refractivity (Wildman–Crippen MR) is 88.1 cm³/mol. The van der Waals surface area contributed by atoms with Crippen LogP contribution in [0.15, 0.2) is 42.6 Å². The van der Waals surface area contributed by atoms with Crippen LogP contribution in [0.2, 0.25) is 5.02 Å². The summed E-state index contributed by atoms with van der Waals surface area (Å²) in [6, 6.07) is 11.8. The van der Waals surface area contributed by atoms with Crippen LogP contribution in [-0.4, -0.2) is 28.1 Å². The maximum Gasteiger partial charge on any atom is 0.318 e. The van der Waals surface area contributed by atoms with Crippen molar-refractivity contribution in [3.8, 4) is 0 Å². The van der Waals surface area contributed by atoms with Gasteiger partial charge in [0, 0.05) is 36.0 Å². The van der Waals surface area contributed by atoms with E-state index in [1.54, 1.807) is 0 Å². The average molecular weight is 318 g/mol. The first-order valence-corrected chi connectivity index (χ1v) is 7.91. The molecule has 2 aromatic rings. The first-order chi connectivity index (χ1) is 10.6. The summed E-state index contributed by atoms with van der Waals surface area (Å²) >= 11 is 6.00. The second kappa shape index (κ2) is 6.05. The quantitative estimate of drug-likeness (QED) is 0.901. The molecule has 0 radical (unpaired) electrons. The molecular weight excluding hydrogens is 298 g/mol. The second-order valence-corrected chi connectivity index (χ2v) is 6.31. The van der Waals surface area contributed by atoms with E-state index >= 15 is 0 Å². The molecule has 2 heterocycles. The highest BCUT2D eigenvalue weighted by Gasteiger charge is 2.32. The van der Waals surface area contributed by atoms with E-state index in [2.05, 4.69) is 22.1 Å². The maximum absolute atomic E-state index is 12.6. The van der Waals surface area contributed by atoms with Gasteiger partial charge in [0.1, 0.15) is 0 Å². The fourth-order valence-electron chi connectivity index (χ4n) is 2.93. The van der Waals surface area contributed by atoms with E-state index < -0.39 is 0 Å². The zero-order chi connectivity index (χ0) is 15.7. The maximum atomic E-state index is 12.6. The minimum absolute atomic E-state index is 0.0256. The number of rotatable bonds is 2. The van der Waals surface area contributed by atoms with Crippen molar-refractivity contribution in [1.29, 1.82) is 0 Å². The molecule has 116 valence electrons. The highest BCUT2D eigenvalue weighted by atomic mass is 35.5. The number of carbonyl (C=O) groups excluding carboxylic acids is 1. The number of carbonyl (C=O) groups is 1. The number of benzene rings is 1. The van der Waals surface area contributed by atoms with Crippen LogP contribution in [0.4, 0.5) is 4.79 Å². The Morgan fingerprint density at radius 2 is 1.95 bits per heavy atom. The highest BCUT2D eigenvalue weighted by molar-refractivity contribution is 6.30. The Hall–Kier alpha value is -1.94. The van der Waals surface area contributed by atoms with Gasteiger partial charge in [0.25, 0.3) is 0 Å². The minimum Gasteiger partial charge on any atom is -0.348 e. The fraction of sp³-hybridized carbons (Fsp3) is 0.353. The number of nitrogens with zero attached hydrogens (tertiary/aromatic N) is 2. The molecule has 0 fully saturated rings. The number of hydrogen-bond acceptors (Lipinski definition) is 1. The highest BCUT2D eigenvalue weighted by Crippen LogP contribution is 2.32. The van der Waals surface area contributed by atoms with Crippen LogP contribution < -0.4 is 5.32 Å². The Morgan fingerprint density at radius 1 is 1.23 bits per heavy atom. The number of halogens is 1. The Labute approximate surface area is 135 Å². The van der Waals surface area contributed by atoms with Gasteiger partial charge < -0.3 is 14.8 Å². The minimum atomic E-state index is -0.0835. The van der Waals surface area contributed by atoms with E-state index in [-0.39, 0.29) is 18.1 Å². The summed E-state index contributed by atoms with van der Waals surface area (Å²) in [6.07, 6.45) is 2.07. The van der Waals surface area contributed by atoms with Gasteiger partial charge in [0.2, 0.25) is 0 Å². The lowest BCUT2D eigenvalue weighted by Crippen LogP contribution is -2.48. The van der Waals surface area contributed by atoms with E-state index in [1.807, 2.05) is 49.1 Å². The van der Waals surface area contributed by atoms with Gasteiger partial charge in [0.15, 0.2) is 0 Å². The number of amides is 2. The lowest BCUT2D eigenvalue weighted by molar-refractivity contribution is 0.166. The first kappa shape index (κ1) is 15.0. The third-order valence-corrected chi connectivity index (χ3v) is 4.15. The van der Waals surface area contributed by atoms with Crippen molar-refractivity contribution in [1.82, 2.24) is 14.8 Å². The number of nitrogens with one attached hydrogen (secondary N) is 1. The zero-order valence-electron chi connectivity index (χ0n) is 12.8. The predicted octanol–water partition coefficient (Wildman–Crippen LogP) is 3.66. The molecule has 0 saturated carbocycles. The molecule has 5 heteroatoms. The molecule has 0 saturated heterocycles. The summed E-state index contributed by atoms with van der Waals surface area (Å²) in [5.74, 6) is 0. The lowest BCUT2D eigenvalue weighted by atomic mass is 10.0. The monoisotopic (exact) mass is 317 g/mol. The Kier molecular flexibility index (Phi) is 4.12. The van der Waals surface area contributed by atoms with E-state index in [4.69, 9.17) is 11.6 Å². The van der Waals surface area contributed by atoms with Crippen LogP contribution in [0.5, 0.6) is 0 Å². The molecule has 1 aromatic heterocycles. The SMILES string of the molecule is CC(C)NC(=O)N1CCn2cccc2[C@H]1c1ccc(Cl)cc1. The van der Waals surface area contributed by atoms with Gasteiger partial charge >= 0.3 is 6.03 Å². The van der Waals surface area contributed by atoms with Crippen molar-refractivity contribution in [2.75, 3.05) is 6.54 Å². The van der Waals surface area contributed by atoms with Crippen LogP contribution in [0.25, 0.3) is 0 Å². The third-order valence-electron chi connectivity index (χ3n) is 3.90. The Balaban J connectivity index is 1.99. The van der Waals surface area contributed by atoms with E-state index in [9.17, 15) is 4.79 Å². The summed E-state index contributed by atoms with van der Waals surface area (Å²) in [7, 11) is 0. The molecule has 22 heavy (non-hydrogen) atoms. The molecule has 1 aromatic carbocycles. The van der Waals surface area contributed by atoms with Crippen LogP contribution in [0.3, 0.4) is 0 Å². The molecule has 0 unspecified atom stereocenters. The summed E-state index contributed by atoms with van der Waals surface area (Å²) in [4.78, 5) is 14.5. The lowest BCUT2D eigenvalue weighted by Gasteiger charge is -2.37. The van der Waals surface area contributed by atoms with Gasteiger partial charge in [-0.1, -0.05) is 23.7 Å². The smallest absolute Gasteiger partial charge is 0.318 e. The normalized spacial score (nSPS) is 17.5. The summed E-state index contributed by atoms with van der Waals surface area (Å²) in [5, 5.41) is 3.70. The Bertz CT molecular complexity index is 663. The fourth-order valence-corrected chi connectivity index (χ4v) is 3.05. The van der Waals surface area contributed by atoms with Crippen molar-refractivity contribution >= 4 is 17.6 Å². The first-order valence-electron chi connectivity index (χ1n) is 7.54. The number of fused-ring (bicyclic) bond motifs is 1. The molecule has 2 amide bonds. The third kappa shape index (κ3) is 2.83. The summed E-state index contributed by atoms with van der Waals surface area (Å²) in [5.41, 5.74) is 2.20. The molecule has 1 aliphatic heterocycles. The molecule has 3 rings (SSSR count). The van der Waals surface area contributed by atoms with Crippen LogP contribution >= 0.6 is 11.6 Å². The zero-order valence-corrected chi connectivity index (χ0v) is 13.5. The van der Waals surface area contributed by atoms with Crippen molar-refractivity contribution < 1.29 is 4.79 Å². The van der Waals surface area contributed by atoms with E-state index in [1.165, 1.54) is 0 Å². The summed E-state index contributed by atoms with van der Waals surface area (Å²) in [6.45, 7) is 5.45. The largest absolute Gasteiger partial charge is 0.348 e. The summed E-state index contributed by atoms with van der Waals surface area (Å²) < 4.78 is 2.21. The van der Waals surface area contributed by atoms with E-state index in [0.29, 0.717) is 11.6 Å². The number of aromatic nitrogens is 1. The van der Waals surface area contributed by atoms with Gasteiger partial charge in [-0.3, -0.25) is 0 Å². The molecule has 0 bridgehead atoms. The van der Waals surface area contributed by atoms with Gasteiger partial charge in [-0.2, -0.15) is 0 Å². The molecule has 1 N–H and O–H groups in total. The van der Waals surface area contributed by atoms with E-state index in [0.717, 1.165) is 17.8 Å². The second-order valence-electron chi connectivity index (χ2n) is 5.88. The molecule has 1 aliphatic rings. The standard InChI is InChI=1S/C17H20ClN3O/c1-12(2)19-17(22)21-11-10-20-9-3-4-15(20)16(21)13-5-7-14(18)8-6-13/h3-9,12,16H,10-11H2,1-2H3,(H,19,22)/t16-/m1/s1. The van der Waals surface area contributed by atoms with Crippen molar-refractivity contribution in [2.24, 2.45) is 0 Å². The average Bonchev–Trinajstić information content (AvgIpc) is 2.95. The number of urea groups is 1. The molecule has 1 atom stereocenters. The van der Waals surface area contributed by atoms with Crippen molar-refractivity contribution in [2.45, 2.75) is 32.5 Å². The van der Waals surface area contributed by atoms with Crippen molar-refractivity contribution in [3.05, 3.63) is 58.9 Å². The van der Waals surface area contributed by atoms with Gasteiger partial charge in [0.05, 0.1) is 6.04 Å². The topological polar surface area (TPSA) is 37.3 Å². The molecule has 0 aliphatic carbocycles. The molecular formula is C17H20ClN3O. The Morgan fingerprint density at radius 3 is 2.64 bits per heavy atom. The van der Waals surface area contributed by atoms with Crippen LogP contribution in [0, 0.1) is 0 Å². The van der Waals surface area contributed by atoms with Crippen LogP contribution in [0.1, 0.15) is 31.1 Å². The van der Waals surface area contributed by atoms with Gasteiger partial charge in [-0.05, 0) is 43.7 Å². The number of hydrogen-bond donors (Lipinski definition) is 1. The van der Waals surface area contributed by atoms with Crippen molar-refractivity contribution in [3.63, 3.8) is 0 Å².